The Labute approximate surface area is 139 Å². The van der Waals surface area contributed by atoms with Crippen molar-refractivity contribution in [2.75, 3.05) is 23.5 Å². The molecule has 0 aliphatic heterocycles. The third-order valence-corrected chi connectivity index (χ3v) is 3.45. The van der Waals surface area contributed by atoms with Crippen molar-refractivity contribution in [1.82, 2.24) is 15.0 Å². The molecule has 0 bridgehead atoms. The number of hydrogen-bond acceptors (Lipinski definition) is 7. The first-order valence-corrected chi connectivity index (χ1v) is 7.40. The first-order valence-electron chi connectivity index (χ1n) is 7.40. The van der Waals surface area contributed by atoms with Crippen molar-refractivity contribution in [3.8, 4) is 5.75 Å². The van der Waals surface area contributed by atoms with E-state index in [-0.39, 0.29) is 0 Å². The highest BCUT2D eigenvalue weighted by Gasteiger charge is 2.08. The van der Waals surface area contributed by atoms with Crippen LogP contribution in [0.4, 0.5) is 23.0 Å². The van der Waals surface area contributed by atoms with Crippen molar-refractivity contribution in [2.45, 2.75) is 6.54 Å². The highest BCUT2D eigenvalue weighted by atomic mass is 16.5. The van der Waals surface area contributed by atoms with E-state index in [9.17, 15) is 0 Å². The van der Waals surface area contributed by atoms with Crippen LogP contribution < -0.4 is 21.1 Å². The maximum absolute atomic E-state index is 6.16. The van der Waals surface area contributed by atoms with Gasteiger partial charge in [0.2, 0.25) is 0 Å². The van der Waals surface area contributed by atoms with Crippen LogP contribution in [0.1, 0.15) is 5.56 Å². The van der Waals surface area contributed by atoms with Gasteiger partial charge in [0.05, 0.1) is 7.11 Å². The minimum absolute atomic E-state index is 0.461. The molecule has 2 heterocycles. The van der Waals surface area contributed by atoms with Gasteiger partial charge < -0.3 is 21.1 Å². The van der Waals surface area contributed by atoms with Crippen molar-refractivity contribution in [1.29, 1.82) is 0 Å². The number of nitrogens with zero attached hydrogens (tertiary/aromatic N) is 3. The lowest BCUT2D eigenvalue weighted by molar-refractivity contribution is 0.414. The van der Waals surface area contributed by atoms with Crippen LogP contribution in [0.15, 0.2) is 55.1 Å². The molecule has 0 aliphatic carbocycles. The smallest absolute Gasteiger partial charge is 0.159 e. The highest BCUT2D eigenvalue weighted by molar-refractivity contribution is 5.77. The van der Waals surface area contributed by atoms with Gasteiger partial charge in [-0.15, -0.1) is 0 Å². The maximum atomic E-state index is 6.16. The average Bonchev–Trinajstić information content (AvgIpc) is 2.64. The van der Waals surface area contributed by atoms with Gasteiger partial charge in [-0.05, 0) is 29.8 Å². The number of aromatic nitrogens is 3. The first kappa shape index (κ1) is 15.5. The van der Waals surface area contributed by atoms with Crippen molar-refractivity contribution in [3.63, 3.8) is 0 Å². The van der Waals surface area contributed by atoms with Crippen LogP contribution in [0.2, 0.25) is 0 Å². The molecule has 24 heavy (non-hydrogen) atoms. The molecule has 0 saturated carbocycles. The Balaban J connectivity index is 1.70. The topological polar surface area (TPSA) is 98.0 Å². The Morgan fingerprint density at radius 3 is 2.42 bits per heavy atom. The van der Waals surface area contributed by atoms with Gasteiger partial charge in [0.25, 0.3) is 0 Å². The average molecular weight is 322 g/mol. The molecule has 7 nitrogen and oxygen atoms in total. The zero-order chi connectivity index (χ0) is 16.8. The molecule has 7 heteroatoms. The summed E-state index contributed by atoms with van der Waals surface area (Å²) in [5.74, 6) is 1.95. The quantitative estimate of drug-likeness (QED) is 0.642. The number of methoxy groups -OCH3 is 1. The number of rotatable bonds is 6. The third kappa shape index (κ3) is 3.70. The zero-order valence-corrected chi connectivity index (χ0v) is 13.2. The molecule has 1 aromatic carbocycles. The molecule has 0 unspecified atom stereocenters. The molecule has 3 rings (SSSR count). The Morgan fingerprint density at radius 1 is 1.00 bits per heavy atom. The van der Waals surface area contributed by atoms with E-state index < -0.39 is 0 Å². The number of anilines is 4. The lowest BCUT2D eigenvalue weighted by Gasteiger charge is -2.12. The van der Waals surface area contributed by atoms with E-state index in [2.05, 4.69) is 25.6 Å². The van der Waals surface area contributed by atoms with Gasteiger partial charge in [-0.3, -0.25) is 4.98 Å². The van der Waals surface area contributed by atoms with Gasteiger partial charge in [-0.25, -0.2) is 9.97 Å². The van der Waals surface area contributed by atoms with Gasteiger partial charge in [0, 0.05) is 24.6 Å². The minimum atomic E-state index is 0.461. The molecule has 3 aromatic rings. The summed E-state index contributed by atoms with van der Waals surface area (Å²) in [6.07, 6.45) is 4.86. The standard InChI is InChI=1S/C17H18N6O/c1-24-14-4-2-12(3-5-14)10-20-16-15(18)17(22-11-21-16)23-13-6-8-19-9-7-13/h2-9,11H,10,18H2,1H3,(H2,19,20,21,22,23). The molecule has 4 N–H and O–H groups in total. The number of hydrogen-bond donors (Lipinski definition) is 3. The van der Waals surface area contributed by atoms with Crippen LogP contribution in [0, 0.1) is 0 Å². The summed E-state index contributed by atoms with van der Waals surface area (Å²) >= 11 is 0. The number of benzene rings is 1. The van der Waals surface area contributed by atoms with Crippen LogP contribution in [0.5, 0.6) is 5.75 Å². The third-order valence-electron chi connectivity index (χ3n) is 3.45. The van der Waals surface area contributed by atoms with E-state index in [1.807, 2.05) is 36.4 Å². The SMILES string of the molecule is COc1ccc(CNc2ncnc(Nc3ccncc3)c2N)cc1. The summed E-state index contributed by atoms with van der Waals surface area (Å²) in [6.45, 7) is 0.597. The normalized spacial score (nSPS) is 10.2. The fourth-order valence-electron chi connectivity index (χ4n) is 2.14. The number of nitrogens with two attached hydrogens (primary N) is 1. The lowest BCUT2D eigenvalue weighted by Crippen LogP contribution is -2.08. The van der Waals surface area contributed by atoms with Gasteiger partial charge >= 0.3 is 0 Å². The van der Waals surface area contributed by atoms with E-state index >= 15 is 0 Å². The van der Waals surface area contributed by atoms with Gasteiger partial charge in [0.1, 0.15) is 17.8 Å². The highest BCUT2D eigenvalue weighted by Crippen LogP contribution is 2.25. The molecular formula is C17H18N6O. The summed E-state index contributed by atoms with van der Waals surface area (Å²) in [7, 11) is 1.65. The van der Waals surface area contributed by atoms with Crippen molar-refractivity contribution in [3.05, 3.63) is 60.7 Å². The second kappa shape index (κ2) is 7.28. The second-order valence-electron chi connectivity index (χ2n) is 5.05. The van der Waals surface area contributed by atoms with Crippen LogP contribution in [0.3, 0.4) is 0 Å². The van der Waals surface area contributed by atoms with Crippen molar-refractivity contribution in [2.24, 2.45) is 0 Å². The van der Waals surface area contributed by atoms with E-state index in [4.69, 9.17) is 10.5 Å². The number of nitrogen functional groups attached to an aromatic ring is 1. The van der Waals surface area contributed by atoms with Crippen LogP contribution in [-0.4, -0.2) is 22.1 Å². The second-order valence-corrected chi connectivity index (χ2v) is 5.05. The first-order chi connectivity index (χ1) is 11.8. The van der Waals surface area contributed by atoms with Crippen molar-refractivity contribution < 1.29 is 4.74 Å². The summed E-state index contributed by atoms with van der Waals surface area (Å²) in [5.41, 5.74) is 8.57. The largest absolute Gasteiger partial charge is 0.497 e. The zero-order valence-electron chi connectivity index (χ0n) is 13.2. The van der Waals surface area contributed by atoms with Gasteiger partial charge in [-0.1, -0.05) is 12.1 Å². The number of ether oxygens (including phenoxy) is 1. The van der Waals surface area contributed by atoms with E-state index in [0.29, 0.717) is 23.9 Å². The molecule has 0 saturated heterocycles. The van der Waals surface area contributed by atoms with Crippen LogP contribution >= 0.6 is 0 Å². The Bertz CT molecular complexity index is 792. The Hall–Kier alpha value is -3.35. The molecule has 0 atom stereocenters. The molecular weight excluding hydrogens is 304 g/mol. The Kier molecular flexibility index (Phi) is 4.71. The molecule has 122 valence electrons. The molecule has 0 spiro atoms. The van der Waals surface area contributed by atoms with Gasteiger partial charge in [-0.2, -0.15) is 0 Å². The molecule has 0 radical (unpaired) electrons. The van der Waals surface area contributed by atoms with Crippen molar-refractivity contribution >= 4 is 23.0 Å². The van der Waals surface area contributed by atoms with Gasteiger partial charge in [0.15, 0.2) is 11.6 Å². The molecule has 2 aromatic heterocycles. The number of pyridine rings is 1. The minimum Gasteiger partial charge on any atom is -0.497 e. The lowest BCUT2D eigenvalue weighted by atomic mass is 10.2. The van der Waals surface area contributed by atoms with E-state index in [1.54, 1.807) is 19.5 Å². The summed E-state index contributed by atoms with van der Waals surface area (Å²) in [4.78, 5) is 12.4. The molecule has 0 amide bonds. The Morgan fingerprint density at radius 2 is 1.71 bits per heavy atom. The number of nitrogens with one attached hydrogen (secondary N) is 2. The molecule has 0 aliphatic rings. The van der Waals surface area contributed by atoms with Crippen LogP contribution in [-0.2, 0) is 6.54 Å². The summed E-state index contributed by atoms with van der Waals surface area (Å²) in [5, 5.41) is 6.38. The van der Waals surface area contributed by atoms with E-state index in [1.165, 1.54) is 6.33 Å². The fraction of sp³-hybridized carbons (Fsp3) is 0.118. The predicted octanol–water partition coefficient (Wildman–Crippen LogP) is 2.82. The predicted molar refractivity (Wildman–Crippen MR) is 94.3 cm³/mol. The summed E-state index contributed by atoms with van der Waals surface area (Å²) < 4.78 is 5.15. The maximum Gasteiger partial charge on any atom is 0.159 e. The van der Waals surface area contributed by atoms with Crippen LogP contribution in [0.25, 0.3) is 0 Å². The monoisotopic (exact) mass is 322 g/mol. The molecule has 0 fully saturated rings. The fourth-order valence-corrected chi connectivity index (χ4v) is 2.14. The van der Waals surface area contributed by atoms with E-state index in [0.717, 1.165) is 17.0 Å². The summed E-state index contributed by atoms with van der Waals surface area (Å²) in [6, 6.07) is 11.5.